The minimum absolute atomic E-state index is 0.0391. The topological polar surface area (TPSA) is 286 Å². The predicted octanol–water partition coefficient (Wildman–Crippen LogP) is 9.38. The van der Waals surface area contributed by atoms with E-state index < -0.39 is 83.7 Å². The molecule has 1 aromatic rings. The summed E-state index contributed by atoms with van der Waals surface area (Å²) in [6, 6.07) is 1.24. The summed E-state index contributed by atoms with van der Waals surface area (Å²) in [4.78, 5) is 61.9. The third-order valence-corrected chi connectivity index (χ3v) is 14.1. The first-order chi connectivity index (χ1) is 33.9. The number of aliphatic hydroxyl groups is 3. The summed E-state index contributed by atoms with van der Waals surface area (Å²) in [7, 11) is -10.9. The monoisotopic (exact) mass is 1050 g/mol. The van der Waals surface area contributed by atoms with Crippen LogP contribution in [0.4, 0.5) is 5.82 Å². The maximum Gasteiger partial charge on any atom is 0.481 e. The first kappa shape index (κ1) is 63.8. The van der Waals surface area contributed by atoms with Gasteiger partial charge in [-0.3, -0.25) is 23.2 Å². The molecule has 406 valence electrons. The molecular weight excluding hydrogens is 961 g/mol. The van der Waals surface area contributed by atoms with E-state index in [2.05, 4.69) is 53.5 Å². The predicted molar refractivity (Wildman–Crippen MR) is 272 cm³/mol. The Kier molecular flexibility index (Phi) is 33.6. The molecule has 2 heterocycles. The van der Waals surface area contributed by atoms with Gasteiger partial charge in [-0.1, -0.05) is 146 Å². The number of ether oxygens (including phenoxy) is 3. The minimum Gasteiger partial charge on any atom is -0.462 e. The number of aromatic nitrogens is 2. The van der Waals surface area contributed by atoms with Crippen molar-refractivity contribution in [2.45, 2.75) is 205 Å². The number of hydrogen-bond donors (Lipinski definition) is 6. The first-order valence-electron chi connectivity index (χ1n) is 25.6. The average molecular weight is 1050 g/mol. The molecule has 1 aromatic heterocycles. The van der Waals surface area contributed by atoms with Gasteiger partial charge in [0.1, 0.15) is 30.7 Å². The lowest BCUT2D eigenvalue weighted by atomic mass is 10.0. The number of nitrogens with two attached hydrogens (primary N) is 1. The molecule has 21 heteroatoms. The number of unbranched alkanes of at least 4 members (excludes halogenated alkanes) is 12. The minimum atomic E-state index is -5.44. The van der Waals surface area contributed by atoms with Gasteiger partial charge < -0.3 is 45.1 Å². The Morgan fingerprint density at radius 1 is 0.746 bits per heavy atom. The van der Waals surface area contributed by atoms with E-state index in [4.69, 9.17) is 29.0 Å². The molecule has 0 saturated carbocycles. The van der Waals surface area contributed by atoms with Crippen LogP contribution in [0.1, 0.15) is 175 Å². The van der Waals surface area contributed by atoms with E-state index in [0.29, 0.717) is 25.7 Å². The van der Waals surface area contributed by atoms with Gasteiger partial charge in [-0.2, -0.15) is 9.29 Å². The molecule has 1 aliphatic heterocycles. The molecule has 2 unspecified atom stereocenters. The fourth-order valence-corrected chi connectivity index (χ4v) is 9.46. The molecule has 0 bridgehead atoms. The van der Waals surface area contributed by atoms with Crippen LogP contribution in [0.2, 0.25) is 0 Å². The number of phosphoric ester groups is 2. The van der Waals surface area contributed by atoms with Crippen LogP contribution >= 0.6 is 15.6 Å². The summed E-state index contributed by atoms with van der Waals surface area (Å²) in [6.45, 7) is 4.13. The van der Waals surface area contributed by atoms with Gasteiger partial charge in [-0.15, -0.1) is 0 Å². The lowest BCUT2D eigenvalue weighted by molar-refractivity contribution is -0.161. The van der Waals surface area contributed by atoms with Gasteiger partial charge in [0.2, 0.25) is 0 Å². The number of anilines is 1. The molecule has 71 heavy (non-hydrogen) atoms. The molecule has 0 aliphatic carbocycles. The van der Waals surface area contributed by atoms with Crippen molar-refractivity contribution >= 4 is 33.4 Å². The maximum atomic E-state index is 12.8. The summed E-state index contributed by atoms with van der Waals surface area (Å²) >= 11 is 0. The SMILES string of the molecule is CC[C@@H](O)CC/C=C\C/C=C\C/C=C\C/C=C\CCCC(=O)O[C@H](COC(=O)CCCCCCCCCCCCCCC(C)C)COP(=O)(O)OP(=O)(O)OC[C@H]1O[C@@H](n2ccc(N)nc2=O)[C@H](O)[C@@H]1O. The quantitative estimate of drug-likeness (QED) is 0.0154. The second kappa shape index (κ2) is 37.4. The molecule has 19 nitrogen and oxygen atoms in total. The molecule has 2 rings (SSSR count). The van der Waals surface area contributed by atoms with Crippen molar-refractivity contribution in [3.8, 4) is 0 Å². The molecule has 1 fully saturated rings. The second-order valence-electron chi connectivity index (χ2n) is 18.3. The first-order valence-corrected chi connectivity index (χ1v) is 28.6. The fraction of sp³-hybridized carbons (Fsp3) is 0.720. The Morgan fingerprint density at radius 2 is 1.28 bits per heavy atom. The van der Waals surface area contributed by atoms with Crippen LogP contribution < -0.4 is 11.4 Å². The van der Waals surface area contributed by atoms with Crippen LogP contribution in [0.3, 0.4) is 0 Å². The molecular formula is C50H85N3O16P2. The summed E-state index contributed by atoms with van der Waals surface area (Å²) < 4.78 is 56.7. The molecule has 0 radical (unpaired) electrons. The van der Waals surface area contributed by atoms with Crippen LogP contribution in [0.5, 0.6) is 0 Å². The Labute approximate surface area is 421 Å². The number of aliphatic hydroxyl groups excluding tert-OH is 3. The van der Waals surface area contributed by atoms with Gasteiger partial charge in [0, 0.05) is 19.0 Å². The number of rotatable bonds is 41. The second-order valence-corrected chi connectivity index (χ2v) is 21.3. The molecule has 1 aliphatic rings. The smallest absolute Gasteiger partial charge is 0.462 e. The summed E-state index contributed by atoms with van der Waals surface area (Å²) in [5.74, 6) is -0.611. The van der Waals surface area contributed by atoms with Crippen LogP contribution in [-0.4, -0.2) is 96.9 Å². The van der Waals surface area contributed by atoms with Crippen molar-refractivity contribution in [1.82, 2.24) is 9.55 Å². The van der Waals surface area contributed by atoms with E-state index in [0.717, 1.165) is 74.5 Å². The van der Waals surface area contributed by atoms with Crippen molar-refractivity contribution in [2.24, 2.45) is 5.92 Å². The van der Waals surface area contributed by atoms with Crippen LogP contribution in [-0.2, 0) is 46.3 Å². The van der Waals surface area contributed by atoms with Crippen LogP contribution in [0.25, 0.3) is 0 Å². The summed E-state index contributed by atoms with van der Waals surface area (Å²) in [6.07, 6.45) is 30.1. The number of nitrogen functional groups attached to an aromatic ring is 1. The van der Waals surface area contributed by atoms with E-state index in [9.17, 15) is 48.6 Å². The van der Waals surface area contributed by atoms with E-state index >= 15 is 0 Å². The normalized spacial score (nSPS) is 20.1. The Bertz CT molecular complexity index is 1910. The van der Waals surface area contributed by atoms with E-state index in [1.54, 1.807) is 0 Å². The number of phosphoric acid groups is 2. The van der Waals surface area contributed by atoms with Gasteiger partial charge in [0.15, 0.2) is 12.3 Å². The van der Waals surface area contributed by atoms with Gasteiger partial charge in [-0.25, -0.2) is 13.9 Å². The molecule has 8 atom stereocenters. The number of esters is 2. The van der Waals surface area contributed by atoms with Crippen molar-refractivity contribution in [3.63, 3.8) is 0 Å². The lowest BCUT2D eigenvalue weighted by Crippen LogP contribution is -2.36. The maximum absolute atomic E-state index is 12.8. The molecule has 0 spiro atoms. The largest absolute Gasteiger partial charge is 0.481 e. The third-order valence-electron chi connectivity index (χ3n) is 11.5. The molecule has 1 saturated heterocycles. The number of hydrogen-bond acceptors (Lipinski definition) is 16. The van der Waals surface area contributed by atoms with E-state index in [-0.39, 0.29) is 24.8 Å². The number of allylic oxidation sites excluding steroid dienone is 8. The number of nitrogens with zero attached hydrogens (tertiary/aromatic N) is 2. The molecule has 7 N–H and O–H groups in total. The Hall–Kier alpha value is -3.32. The zero-order chi connectivity index (χ0) is 52.3. The van der Waals surface area contributed by atoms with Crippen molar-refractivity contribution in [2.75, 3.05) is 25.6 Å². The van der Waals surface area contributed by atoms with Gasteiger partial charge >= 0.3 is 33.3 Å². The Morgan fingerprint density at radius 3 is 1.86 bits per heavy atom. The standard InChI is InChI=1S/C50H85N3O16P2/c1-4-41(54)32-28-24-20-16-12-7-5-6-8-14-18-22-26-30-34-46(56)67-42(37-64-45(55)33-29-25-21-17-13-10-9-11-15-19-23-27-31-40(2)3)38-65-70(60,61)69-71(62,63)66-39-43-47(57)48(58)49(68-43)53-36-35-44(51)52-50(53)59/h6-8,12,18,20,22,24,35-36,40-43,47-49,54,57-58H,4-5,9-11,13-17,19,21,23,25-34,37-39H2,1-3H3,(H,60,61)(H,62,63)(H2,51,52,59)/b8-6-,12-7-,22-18-,24-20-/t41-,42-,43-,47-,48-,49-/m1/s1. The molecule has 0 amide bonds. The zero-order valence-corrected chi connectivity index (χ0v) is 44.1. The van der Waals surface area contributed by atoms with Crippen molar-refractivity contribution in [3.05, 3.63) is 71.4 Å². The van der Waals surface area contributed by atoms with Crippen molar-refractivity contribution < 1.29 is 71.4 Å². The van der Waals surface area contributed by atoms with Gasteiger partial charge in [-0.05, 0) is 69.8 Å². The highest BCUT2D eigenvalue weighted by atomic mass is 31.3. The zero-order valence-electron chi connectivity index (χ0n) is 42.3. The van der Waals surface area contributed by atoms with Crippen LogP contribution in [0.15, 0.2) is 65.7 Å². The Balaban J connectivity index is 1.83. The fourth-order valence-electron chi connectivity index (χ4n) is 7.35. The number of carbonyl (C=O) groups excluding carboxylic acids is 2. The van der Waals surface area contributed by atoms with Gasteiger partial charge in [0.05, 0.1) is 19.3 Å². The average Bonchev–Trinajstić information content (AvgIpc) is 3.59. The van der Waals surface area contributed by atoms with Crippen LogP contribution in [0, 0.1) is 5.92 Å². The highest BCUT2D eigenvalue weighted by Crippen LogP contribution is 2.60. The summed E-state index contributed by atoms with van der Waals surface area (Å²) in [5, 5.41) is 30.5. The number of carbonyl (C=O) groups is 2. The highest BCUT2D eigenvalue weighted by Gasteiger charge is 2.46. The lowest BCUT2D eigenvalue weighted by Gasteiger charge is -2.21. The summed E-state index contributed by atoms with van der Waals surface area (Å²) in [5.41, 5.74) is 4.58. The van der Waals surface area contributed by atoms with E-state index in [1.807, 2.05) is 25.2 Å². The third kappa shape index (κ3) is 31.1. The van der Waals surface area contributed by atoms with Gasteiger partial charge in [0.25, 0.3) is 0 Å². The molecule has 0 aromatic carbocycles. The highest BCUT2D eigenvalue weighted by molar-refractivity contribution is 7.61. The van der Waals surface area contributed by atoms with Crippen molar-refractivity contribution in [1.29, 1.82) is 0 Å². The van der Waals surface area contributed by atoms with E-state index in [1.165, 1.54) is 57.4 Å².